The molecule has 1 aromatic carbocycles. The second-order valence-corrected chi connectivity index (χ2v) is 5.51. The van der Waals surface area contributed by atoms with E-state index in [9.17, 15) is 9.59 Å². The summed E-state index contributed by atoms with van der Waals surface area (Å²) in [5.41, 5.74) is 0.903. The highest BCUT2D eigenvalue weighted by Gasteiger charge is 2.18. The molecule has 0 aliphatic rings. The van der Waals surface area contributed by atoms with E-state index in [1.165, 1.54) is 10.6 Å². The smallest absolute Gasteiger partial charge is 0.251 e. The lowest BCUT2D eigenvalue weighted by molar-refractivity contribution is -0.118. The van der Waals surface area contributed by atoms with Crippen LogP contribution >= 0.6 is 23.2 Å². The number of hydrogen-bond acceptors (Lipinski definition) is 2. The van der Waals surface area contributed by atoms with Gasteiger partial charge >= 0.3 is 0 Å². The fourth-order valence-corrected chi connectivity index (χ4v) is 2.39. The third kappa shape index (κ3) is 3.46. The lowest BCUT2D eigenvalue weighted by Gasteiger charge is -2.18. The van der Waals surface area contributed by atoms with E-state index < -0.39 is 6.04 Å². The van der Waals surface area contributed by atoms with Gasteiger partial charge in [0, 0.05) is 16.8 Å². The van der Waals surface area contributed by atoms with Crippen molar-refractivity contribution in [1.82, 2.24) is 4.57 Å². The standard InChI is InChI=1S/C15H14Cl2N2O2/c1-9-4-3-5-14(20)19(9)10(2)15(21)18-13-8-11(16)6-7-12(13)17/h3-8,10H,1-2H3,(H,18,21). The van der Waals surface area contributed by atoms with Crippen LogP contribution in [0.15, 0.2) is 41.2 Å². The number of nitrogens with one attached hydrogen (secondary N) is 1. The van der Waals surface area contributed by atoms with E-state index in [0.717, 1.165) is 0 Å². The number of aryl methyl sites for hydroxylation is 1. The number of aromatic nitrogens is 1. The third-order valence-electron chi connectivity index (χ3n) is 3.15. The number of hydrogen-bond donors (Lipinski definition) is 1. The summed E-state index contributed by atoms with van der Waals surface area (Å²) in [5, 5.41) is 3.54. The van der Waals surface area contributed by atoms with Crippen LogP contribution < -0.4 is 10.9 Å². The highest BCUT2D eigenvalue weighted by Crippen LogP contribution is 2.26. The van der Waals surface area contributed by atoms with Crippen molar-refractivity contribution in [3.8, 4) is 0 Å². The summed E-state index contributed by atoms with van der Waals surface area (Å²) < 4.78 is 1.42. The van der Waals surface area contributed by atoms with Crippen LogP contribution in [0.5, 0.6) is 0 Å². The molecule has 1 unspecified atom stereocenters. The predicted octanol–water partition coefficient (Wildman–Crippen LogP) is 3.66. The first-order chi connectivity index (χ1) is 9.90. The third-order valence-corrected chi connectivity index (χ3v) is 3.71. The number of rotatable bonds is 3. The van der Waals surface area contributed by atoms with Gasteiger partial charge in [0.1, 0.15) is 6.04 Å². The molecule has 0 aliphatic carbocycles. The SMILES string of the molecule is Cc1cccc(=O)n1C(C)C(=O)Nc1cc(Cl)ccc1Cl. The van der Waals surface area contributed by atoms with Gasteiger partial charge in [0.25, 0.3) is 5.56 Å². The van der Waals surface area contributed by atoms with Gasteiger partial charge in [-0.15, -0.1) is 0 Å². The molecule has 0 radical (unpaired) electrons. The Bertz CT molecular complexity index is 741. The molecule has 2 aromatic rings. The van der Waals surface area contributed by atoms with Crippen LogP contribution in [-0.4, -0.2) is 10.5 Å². The van der Waals surface area contributed by atoms with Crippen molar-refractivity contribution in [3.05, 3.63) is 62.5 Å². The molecular weight excluding hydrogens is 311 g/mol. The van der Waals surface area contributed by atoms with Gasteiger partial charge in [0.05, 0.1) is 10.7 Å². The lowest BCUT2D eigenvalue weighted by Crippen LogP contribution is -2.32. The minimum absolute atomic E-state index is 0.227. The molecule has 2 rings (SSSR count). The van der Waals surface area contributed by atoms with E-state index in [1.807, 2.05) is 0 Å². The van der Waals surface area contributed by atoms with Crippen LogP contribution in [0.2, 0.25) is 10.0 Å². The minimum atomic E-state index is -0.659. The summed E-state index contributed by atoms with van der Waals surface area (Å²) in [6.07, 6.45) is 0. The first kappa shape index (κ1) is 15.6. The molecule has 6 heteroatoms. The van der Waals surface area contributed by atoms with Crippen molar-refractivity contribution >= 4 is 34.8 Å². The van der Waals surface area contributed by atoms with Crippen LogP contribution in [-0.2, 0) is 4.79 Å². The Balaban J connectivity index is 2.28. The number of carbonyl (C=O) groups is 1. The molecule has 0 aliphatic heterocycles. The summed E-state index contributed by atoms with van der Waals surface area (Å²) in [7, 11) is 0. The fourth-order valence-electron chi connectivity index (χ4n) is 2.05. The first-order valence-corrected chi connectivity index (χ1v) is 7.10. The second kappa shape index (κ2) is 6.33. The zero-order valence-corrected chi connectivity index (χ0v) is 13.1. The normalized spacial score (nSPS) is 12.0. The van der Waals surface area contributed by atoms with Crippen molar-refractivity contribution in [3.63, 3.8) is 0 Å². The van der Waals surface area contributed by atoms with Gasteiger partial charge < -0.3 is 9.88 Å². The number of pyridine rings is 1. The van der Waals surface area contributed by atoms with Crippen LogP contribution in [0.4, 0.5) is 5.69 Å². The summed E-state index contributed by atoms with van der Waals surface area (Å²) in [6.45, 7) is 3.43. The average molecular weight is 325 g/mol. The first-order valence-electron chi connectivity index (χ1n) is 6.34. The zero-order chi connectivity index (χ0) is 15.6. The van der Waals surface area contributed by atoms with Gasteiger partial charge in [-0.2, -0.15) is 0 Å². The van der Waals surface area contributed by atoms with E-state index in [4.69, 9.17) is 23.2 Å². The van der Waals surface area contributed by atoms with Crippen LogP contribution in [0.25, 0.3) is 0 Å². The van der Waals surface area contributed by atoms with E-state index in [2.05, 4.69) is 5.32 Å². The molecule has 0 spiro atoms. The Kier molecular flexibility index (Phi) is 4.70. The Morgan fingerprint density at radius 2 is 1.95 bits per heavy atom. The molecule has 1 N–H and O–H groups in total. The Hall–Kier alpha value is -1.78. The summed E-state index contributed by atoms with van der Waals surface area (Å²) >= 11 is 11.9. The Labute approximate surface area is 132 Å². The predicted molar refractivity (Wildman–Crippen MR) is 85.2 cm³/mol. The number of anilines is 1. The van der Waals surface area contributed by atoms with Gasteiger partial charge in [-0.05, 0) is 38.1 Å². The van der Waals surface area contributed by atoms with Gasteiger partial charge in [0.15, 0.2) is 0 Å². The van der Waals surface area contributed by atoms with Crippen molar-refractivity contribution in [2.24, 2.45) is 0 Å². The highest BCUT2D eigenvalue weighted by molar-refractivity contribution is 6.35. The minimum Gasteiger partial charge on any atom is -0.323 e. The van der Waals surface area contributed by atoms with Crippen LogP contribution in [0.3, 0.4) is 0 Å². The molecule has 0 fully saturated rings. The number of benzene rings is 1. The van der Waals surface area contributed by atoms with Crippen molar-refractivity contribution < 1.29 is 4.79 Å². The quantitative estimate of drug-likeness (QED) is 0.936. The van der Waals surface area contributed by atoms with Gasteiger partial charge in [-0.1, -0.05) is 29.3 Å². The van der Waals surface area contributed by atoms with E-state index in [1.54, 1.807) is 44.2 Å². The van der Waals surface area contributed by atoms with Gasteiger partial charge in [-0.3, -0.25) is 9.59 Å². The van der Waals surface area contributed by atoms with E-state index in [0.29, 0.717) is 21.4 Å². The summed E-state index contributed by atoms with van der Waals surface area (Å²) in [4.78, 5) is 24.2. The maximum Gasteiger partial charge on any atom is 0.251 e. The van der Waals surface area contributed by atoms with Gasteiger partial charge in [-0.25, -0.2) is 0 Å². The van der Waals surface area contributed by atoms with E-state index >= 15 is 0 Å². The number of carbonyl (C=O) groups excluding carboxylic acids is 1. The monoisotopic (exact) mass is 324 g/mol. The second-order valence-electron chi connectivity index (χ2n) is 4.66. The highest BCUT2D eigenvalue weighted by atomic mass is 35.5. The van der Waals surface area contributed by atoms with Gasteiger partial charge in [0.2, 0.25) is 5.91 Å². The Morgan fingerprint density at radius 1 is 1.24 bits per heavy atom. The molecule has 1 atom stereocenters. The topological polar surface area (TPSA) is 51.1 Å². The molecule has 1 amide bonds. The van der Waals surface area contributed by atoms with Crippen molar-refractivity contribution in [2.45, 2.75) is 19.9 Å². The molecule has 0 saturated heterocycles. The summed E-state index contributed by atoms with van der Waals surface area (Å²) in [6, 6.07) is 9.00. The molecule has 1 heterocycles. The molecule has 1 aromatic heterocycles. The molecule has 0 saturated carbocycles. The molecule has 4 nitrogen and oxygen atoms in total. The summed E-state index contributed by atoms with van der Waals surface area (Å²) in [5.74, 6) is -0.337. The molecule has 21 heavy (non-hydrogen) atoms. The maximum atomic E-state index is 12.3. The average Bonchev–Trinajstić information content (AvgIpc) is 2.42. The molecule has 110 valence electrons. The lowest BCUT2D eigenvalue weighted by atomic mass is 10.2. The van der Waals surface area contributed by atoms with E-state index in [-0.39, 0.29) is 11.5 Å². The molecular formula is C15H14Cl2N2O2. The van der Waals surface area contributed by atoms with Crippen molar-refractivity contribution in [1.29, 1.82) is 0 Å². The zero-order valence-electron chi connectivity index (χ0n) is 11.6. The molecule has 0 bridgehead atoms. The maximum absolute atomic E-state index is 12.3. The number of nitrogens with zero attached hydrogens (tertiary/aromatic N) is 1. The number of amides is 1. The number of halogens is 2. The van der Waals surface area contributed by atoms with Crippen LogP contribution in [0, 0.1) is 6.92 Å². The Morgan fingerprint density at radius 3 is 2.62 bits per heavy atom. The fraction of sp³-hybridized carbons (Fsp3) is 0.200. The van der Waals surface area contributed by atoms with Crippen molar-refractivity contribution in [2.75, 3.05) is 5.32 Å². The van der Waals surface area contributed by atoms with Crippen LogP contribution in [0.1, 0.15) is 18.7 Å². The largest absolute Gasteiger partial charge is 0.323 e.